The smallest absolute Gasteiger partial charge is 0.251 e. The molecule has 3 heteroatoms. The van der Waals surface area contributed by atoms with Crippen molar-refractivity contribution in [2.75, 3.05) is 6.54 Å². The van der Waals surface area contributed by atoms with Crippen molar-refractivity contribution in [1.82, 2.24) is 5.32 Å². The third kappa shape index (κ3) is 4.44. The average molecular weight is 360 g/mol. The highest BCUT2D eigenvalue weighted by Crippen LogP contribution is 2.30. The van der Waals surface area contributed by atoms with Crippen molar-refractivity contribution in [3.8, 4) is 0 Å². The van der Waals surface area contributed by atoms with Crippen LogP contribution in [0, 0.1) is 0 Å². The number of hydrogen-bond acceptors (Lipinski definition) is 1. The van der Waals surface area contributed by atoms with Gasteiger partial charge in [0.15, 0.2) is 0 Å². The van der Waals surface area contributed by atoms with Gasteiger partial charge in [0.25, 0.3) is 5.91 Å². The van der Waals surface area contributed by atoms with E-state index in [-0.39, 0.29) is 11.3 Å². The van der Waals surface area contributed by atoms with E-state index < -0.39 is 0 Å². The largest absolute Gasteiger partial charge is 0.352 e. The zero-order chi connectivity index (χ0) is 16.2. The summed E-state index contributed by atoms with van der Waals surface area (Å²) in [7, 11) is 0. The first-order valence-corrected chi connectivity index (χ1v) is 8.29. The Balaban J connectivity index is 1.97. The summed E-state index contributed by atoms with van der Waals surface area (Å²) < 4.78 is 0.982. The SMILES string of the molecule is CC(C)(C)c1ccc(C(=O)NCCc2ccccc2)cc1Br. The van der Waals surface area contributed by atoms with Crippen molar-refractivity contribution in [2.45, 2.75) is 32.6 Å². The maximum atomic E-state index is 12.2. The van der Waals surface area contributed by atoms with Gasteiger partial charge in [-0.05, 0) is 35.1 Å². The van der Waals surface area contributed by atoms with Crippen LogP contribution in [0.1, 0.15) is 42.3 Å². The van der Waals surface area contributed by atoms with Gasteiger partial charge >= 0.3 is 0 Å². The van der Waals surface area contributed by atoms with Gasteiger partial charge in [-0.2, -0.15) is 0 Å². The molecule has 2 nitrogen and oxygen atoms in total. The number of halogens is 1. The van der Waals surface area contributed by atoms with Crippen LogP contribution in [0.25, 0.3) is 0 Å². The van der Waals surface area contributed by atoms with Gasteiger partial charge in [-0.25, -0.2) is 0 Å². The van der Waals surface area contributed by atoms with Crippen molar-refractivity contribution in [2.24, 2.45) is 0 Å². The molecule has 2 rings (SSSR count). The van der Waals surface area contributed by atoms with Crippen LogP contribution in [0.15, 0.2) is 53.0 Å². The minimum absolute atomic E-state index is 0.0305. The van der Waals surface area contributed by atoms with E-state index in [4.69, 9.17) is 0 Å². The maximum Gasteiger partial charge on any atom is 0.251 e. The second-order valence-electron chi connectivity index (χ2n) is 6.44. The highest BCUT2D eigenvalue weighted by molar-refractivity contribution is 9.10. The van der Waals surface area contributed by atoms with Gasteiger partial charge in [0.05, 0.1) is 0 Å². The minimum atomic E-state index is -0.0305. The summed E-state index contributed by atoms with van der Waals surface area (Å²) in [5.41, 5.74) is 3.18. The maximum absolute atomic E-state index is 12.2. The molecule has 0 unspecified atom stereocenters. The molecule has 0 fully saturated rings. The van der Waals surface area contributed by atoms with Crippen molar-refractivity contribution >= 4 is 21.8 Å². The topological polar surface area (TPSA) is 29.1 Å². The lowest BCUT2D eigenvalue weighted by atomic mass is 9.86. The Hall–Kier alpha value is -1.61. The molecule has 2 aromatic carbocycles. The van der Waals surface area contributed by atoms with Gasteiger partial charge in [-0.3, -0.25) is 4.79 Å². The fraction of sp³-hybridized carbons (Fsp3) is 0.316. The number of benzene rings is 2. The number of carbonyl (C=O) groups excluding carboxylic acids is 1. The molecule has 0 saturated heterocycles. The van der Waals surface area contributed by atoms with Crippen molar-refractivity contribution < 1.29 is 4.79 Å². The molecule has 1 amide bonds. The standard InChI is InChI=1S/C19H22BrNO/c1-19(2,3)16-10-9-15(13-17(16)20)18(22)21-12-11-14-7-5-4-6-8-14/h4-10,13H,11-12H2,1-3H3,(H,21,22). The van der Waals surface area contributed by atoms with Gasteiger partial charge < -0.3 is 5.32 Å². The van der Waals surface area contributed by atoms with E-state index in [1.807, 2.05) is 36.4 Å². The molecule has 0 spiro atoms. The first-order chi connectivity index (χ1) is 10.4. The lowest BCUT2D eigenvalue weighted by Crippen LogP contribution is -2.26. The van der Waals surface area contributed by atoms with Gasteiger partial charge in [0, 0.05) is 16.6 Å². The third-order valence-electron chi connectivity index (χ3n) is 3.58. The number of rotatable bonds is 4. The Kier molecular flexibility index (Phi) is 5.41. The summed E-state index contributed by atoms with van der Waals surface area (Å²) >= 11 is 3.58. The molecule has 22 heavy (non-hydrogen) atoms. The molecule has 0 aliphatic heterocycles. The Morgan fingerprint density at radius 1 is 1.09 bits per heavy atom. The van der Waals surface area contributed by atoms with Gasteiger partial charge in [-0.15, -0.1) is 0 Å². The van der Waals surface area contributed by atoms with Crippen LogP contribution >= 0.6 is 15.9 Å². The summed E-state index contributed by atoms with van der Waals surface area (Å²) in [5.74, 6) is -0.0305. The van der Waals surface area contributed by atoms with Gasteiger partial charge in [0.1, 0.15) is 0 Å². The first kappa shape index (κ1) is 16.8. The van der Waals surface area contributed by atoms with E-state index in [0.29, 0.717) is 12.1 Å². The molecule has 0 aromatic heterocycles. The van der Waals surface area contributed by atoms with Gasteiger partial charge in [0.2, 0.25) is 0 Å². The quantitative estimate of drug-likeness (QED) is 0.840. The van der Waals surface area contributed by atoms with Crippen LogP contribution < -0.4 is 5.32 Å². The molecular formula is C19H22BrNO. The normalized spacial score (nSPS) is 11.3. The average Bonchev–Trinajstić information content (AvgIpc) is 2.46. The summed E-state index contributed by atoms with van der Waals surface area (Å²) in [6.07, 6.45) is 0.841. The van der Waals surface area contributed by atoms with Crippen LogP contribution in [-0.2, 0) is 11.8 Å². The fourth-order valence-electron chi connectivity index (χ4n) is 2.33. The van der Waals surface area contributed by atoms with E-state index in [9.17, 15) is 4.79 Å². The van der Waals surface area contributed by atoms with Crippen LogP contribution in [0.2, 0.25) is 0 Å². The molecule has 116 valence electrons. The molecule has 1 N–H and O–H groups in total. The molecule has 0 heterocycles. The van der Waals surface area contributed by atoms with Crippen molar-refractivity contribution in [3.05, 3.63) is 69.7 Å². The van der Waals surface area contributed by atoms with E-state index in [1.165, 1.54) is 11.1 Å². The highest BCUT2D eigenvalue weighted by Gasteiger charge is 2.18. The summed E-state index contributed by atoms with van der Waals surface area (Å²) in [5, 5.41) is 2.97. The number of hydrogen-bond donors (Lipinski definition) is 1. The highest BCUT2D eigenvalue weighted by atomic mass is 79.9. The second-order valence-corrected chi connectivity index (χ2v) is 7.29. The molecule has 0 aliphatic carbocycles. The molecule has 2 aromatic rings. The second kappa shape index (κ2) is 7.10. The van der Waals surface area contributed by atoms with E-state index in [0.717, 1.165) is 10.9 Å². The lowest BCUT2D eigenvalue weighted by molar-refractivity contribution is 0.0954. The molecule has 0 radical (unpaired) electrons. The van der Waals surface area contributed by atoms with Gasteiger partial charge in [-0.1, -0.05) is 73.1 Å². The Labute approximate surface area is 141 Å². The predicted molar refractivity (Wildman–Crippen MR) is 95.3 cm³/mol. The summed E-state index contributed by atoms with van der Waals surface area (Å²) in [6.45, 7) is 7.12. The van der Waals surface area contributed by atoms with E-state index in [2.05, 4.69) is 54.2 Å². The Morgan fingerprint density at radius 2 is 1.77 bits per heavy atom. The lowest BCUT2D eigenvalue weighted by Gasteiger charge is -2.21. The number of carbonyl (C=O) groups is 1. The van der Waals surface area contributed by atoms with Crippen molar-refractivity contribution in [3.63, 3.8) is 0 Å². The molecule has 0 atom stereocenters. The van der Waals surface area contributed by atoms with Crippen LogP contribution in [0.4, 0.5) is 0 Å². The molecule has 0 aliphatic rings. The minimum Gasteiger partial charge on any atom is -0.352 e. The number of nitrogens with one attached hydrogen (secondary N) is 1. The van der Waals surface area contributed by atoms with Crippen molar-refractivity contribution in [1.29, 1.82) is 0 Å². The Bertz CT molecular complexity index is 644. The summed E-state index contributed by atoms with van der Waals surface area (Å²) in [6, 6.07) is 16.0. The van der Waals surface area contributed by atoms with Crippen LogP contribution in [-0.4, -0.2) is 12.5 Å². The third-order valence-corrected chi connectivity index (χ3v) is 4.24. The Morgan fingerprint density at radius 3 is 2.36 bits per heavy atom. The molecule has 0 bridgehead atoms. The van der Waals surface area contributed by atoms with Crippen LogP contribution in [0.5, 0.6) is 0 Å². The van der Waals surface area contributed by atoms with E-state index >= 15 is 0 Å². The first-order valence-electron chi connectivity index (χ1n) is 7.50. The monoisotopic (exact) mass is 359 g/mol. The predicted octanol–water partition coefficient (Wildman–Crippen LogP) is 4.72. The summed E-state index contributed by atoms with van der Waals surface area (Å²) in [4.78, 5) is 12.2. The zero-order valence-electron chi connectivity index (χ0n) is 13.3. The molecule has 0 saturated carbocycles. The van der Waals surface area contributed by atoms with Crippen LogP contribution in [0.3, 0.4) is 0 Å². The molecular weight excluding hydrogens is 338 g/mol. The number of amides is 1. The fourth-order valence-corrected chi connectivity index (χ4v) is 3.31. The van der Waals surface area contributed by atoms with E-state index in [1.54, 1.807) is 0 Å². The zero-order valence-corrected chi connectivity index (χ0v) is 14.9.